The molecule has 102 valence electrons. The summed E-state index contributed by atoms with van der Waals surface area (Å²) in [6.07, 6.45) is 1.06. The highest BCUT2D eigenvalue weighted by molar-refractivity contribution is 6.30. The molecule has 1 saturated heterocycles. The molecule has 0 radical (unpaired) electrons. The summed E-state index contributed by atoms with van der Waals surface area (Å²) in [7, 11) is 0. The minimum atomic E-state index is 0.0256. The Morgan fingerprint density at radius 1 is 1.42 bits per heavy atom. The van der Waals surface area contributed by atoms with E-state index in [-0.39, 0.29) is 17.4 Å². The van der Waals surface area contributed by atoms with E-state index >= 15 is 0 Å². The van der Waals surface area contributed by atoms with Crippen LogP contribution in [0.1, 0.15) is 38.8 Å². The molecule has 1 N–H and O–H groups in total. The van der Waals surface area contributed by atoms with Gasteiger partial charge in [-0.05, 0) is 42.0 Å². The smallest absolute Gasteiger partial charge is 0.0698 e. The van der Waals surface area contributed by atoms with E-state index < -0.39 is 0 Å². The predicted octanol–water partition coefficient (Wildman–Crippen LogP) is 4.18. The lowest BCUT2D eigenvalue weighted by molar-refractivity contribution is 0.278. The third-order valence-electron chi connectivity index (χ3n) is 3.70. The van der Waals surface area contributed by atoms with E-state index in [0.29, 0.717) is 5.92 Å². The monoisotopic (exact) mass is 276 g/mol. The van der Waals surface area contributed by atoms with Crippen LogP contribution in [-0.4, -0.2) is 6.54 Å². The average molecular weight is 277 g/mol. The van der Waals surface area contributed by atoms with Gasteiger partial charge >= 0.3 is 0 Å². The van der Waals surface area contributed by atoms with Crippen molar-refractivity contribution in [3.63, 3.8) is 0 Å². The van der Waals surface area contributed by atoms with Crippen LogP contribution >= 0.6 is 11.6 Å². The topological polar surface area (TPSA) is 35.8 Å². The van der Waals surface area contributed by atoms with Crippen LogP contribution in [0.15, 0.2) is 24.3 Å². The first-order valence-corrected chi connectivity index (χ1v) is 7.17. The first kappa shape index (κ1) is 14.4. The van der Waals surface area contributed by atoms with Crippen LogP contribution in [0.25, 0.3) is 0 Å². The van der Waals surface area contributed by atoms with Crippen LogP contribution < -0.4 is 5.32 Å². The second-order valence-corrected chi connectivity index (χ2v) is 7.06. The molecule has 0 bridgehead atoms. The van der Waals surface area contributed by atoms with Gasteiger partial charge < -0.3 is 5.32 Å². The van der Waals surface area contributed by atoms with Crippen LogP contribution in [-0.2, 0) is 0 Å². The zero-order chi connectivity index (χ0) is 14.0. The zero-order valence-electron chi connectivity index (χ0n) is 11.8. The Kier molecular flexibility index (Phi) is 4.18. The van der Waals surface area contributed by atoms with Gasteiger partial charge in [0.05, 0.1) is 12.0 Å². The Balaban J connectivity index is 2.18. The molecular weight excluding hydrogens is 256 g/mol. The summed E-state index contributed by atoms with van der Waals surface area (Å²) in [6, 6.07) is 10.4. The SMILES string of the molecule is CC(C)(C)CC1CNC(c2cccc(Cl)c2)C1C#N. The molecule has 1 aliphatic rings. The fourth-order valence-electron chi connectivity index (χ4n) is 3.00. The predicted molar refractivity (Wildman–Crippen MR) is 78.9 cm³/mol. The van der Waals surface area contributed by atoms with Gasteiger partial charge in [-0.1, -0.05) is 44.5 Å². The first-order valence-electron chi connectivity index (χ1n) is 6.79. The molecule has 3 unspecified atom stereocenters. The lowest BCUT2D eigenvalue weighted by atomic mass is 9.78. The Labute approximate surface area is 120 Å². The molecular formula is C16H21ClN2. The molecule has 3 heteroatoms. The van der Waals surface area contributed by atoms with E-state index in [1.807, 2.05) is 24.3 Å². The number of hydrogen-bond acceptors (Lipinski definition) is 2. The van der Waals surface area contributed by atoms with E-state index in [0.717, 1.165) is 23.6 Å². The van der Waals surface area contributed by atoms with Crippen molar-refractivity contribution in [3.8, 4) is 6.07 Å². The van der Waals surface area contributed by atoms with Gasteiger partial charge in [0.2, 0.25) is 0 Å². The molecule has 0 aromatic heterocycles. The number of hydrogen-bond donors (Lipinski definition) is 1. The van der Waals surface area contributed by atoms with Crippen LogP contribution in [0.3, 0.4) is 0 Å². The minimum absolute atomic E-state index is 0.0256. The molecule has 1 aromatic carbocycles. The van der Waals surface area contributed by atoms with Crippen molar-refractivity contribution in [3.05, 3.63) is 34.9 Å². The maximum Gasteiger partial charge on any atom is 0.0698 e. The Morgan fingerprint density at radius 3 is 2.74 bits per heavy atom. The number of rotatable bonds is 2. The minimum Gasteiger partial charge on any atom is -0.308 e. The summed E-state index contributed by atoms with van der Waals surface area (Å²) >= 11 is 6.05. The molecule has 0 saturated carbocycles. The Bertz CT molecular complexity index is 484. The highest BCUT2D eigenvalue weighted by atomic mass is 35.5. The normalized spacial score (nSPS) is 27.2. The number of benzene rings is 1. The quantitative estimate of drug-likeness (QED) is 0.880. The van der Waals surface area contributed by atoms with Crippen LogP contribution in [0.5, 0.6) is 0 Å². The molecule has 0 spiro atoms. The molecule has 2 nitrogen and oxygen atoms in total. The third kappa shape index (κ3) is 3.49. The van der Waals surface area contributed by atoms with E-state index in [9.17, 15) is 5.26 Å². The molecule has 1 heterocycles. The van der Waals surface area contributed by atoms with Crippen molar-refractivity contribution in [2.45, 2.75) is 33.2 Å². The lowest BCUT2D eigenvalue weighted by Gasteiger charge is -2.25. The second kappa shape index (κ2) is 5.53. The Hall–Kier alpha value is -1.04. The first-order chi connectivity index (χ1) is 8.90. The molecule has 3 atom stereocenters. The van der Waals surface area contributed by atoms with Gasteiger partial charge in [0.15, 0.2) is 0 Å². The van der Waals surface area contributed by atoms with E-state index in [4.69, 9.17) is 11.6 Å². The third-order valence-corrected chi connectivity index (χ3v) is 3.93. The molecule has 2 rings (SSSR count). The average Bonchev–Trinajstić information content (AvgIpc) is 2.69. The second-order valence-electron chi connectivity index (χ2n) is 6.62. The van der Waals surface area contributed by atoms with Crippen LogP contribution in [0.4, 0.5) is 0 Å². The van der Waals surface area contributed by atoms with Gasteiger partial charge in [0.25, 0.3) is 0 Å². The van der Waals surface area contributed by atoms with Gasteiger partial charge in [-0.2, -0.15) is 5.26 Å². The highest BCUT2D eigenvalue weighted by Gasteiger charge is 2.38. The molecule has 19 heavy (non-hydrogen) atoms. The molecule has 1 aromatic rings. The summed E-state index contributed by atoms with van der Waals surface area (Å²) < 4.78 is 0. The molecule has 0 aliphatic carbocycles. The summed E-state index contributed by atoms with van der Waals surface area (Å²) in [5.74, 6) is 0.437. The van der Waals surface area contributed by atoms with Gasteiger partial charge in [-0.25, -0.2) is 0 Å². The van der Waals surface area contributed by atoms with Gasteiger partial charge in [0.1, 0.15) is 0 Å². The van der Waals surface area contributed by atoms with E-state index in [1.54, 1.807) is 0 Å². The number of nitriles is 1. The summed E-state index contributed by atoms with van der Waals surface area (Å²) in [4.78, 5) is 0. The van der Waals surface area contributed by atoms with Crippen molar-refractivity contribution < 1.29 is 0 Å². The largest absolute Gasteiger partial charge is 0.308 e. The van der Waals surface area contributed by atoms with Crippen molar-refractivity contribution in [1.82, 2.24) is 5.32 Å². The zero-order valence-corrected chi connectivity index (χ0v) is 12.5. The van der Waals surface area contributed by atoms with Gasteiger partial charge in [-0.15, -0.1) is 0 Å². The van der Waals surface area contributed by atoms with Gasteiger partial charge in [0, 0.05) is 11.1 Å². The van der Waals surface area contributed by atoms with Crippen molar-refractivity contribution in [2.75, 3.05) is 6.54 Å². The van der Waals surface area contributed by atoms with Crippen LogP contribution in [0.2, 0.25) is 5.02 Å². The number of halogens is 1. The van der Waals surface area contributed by atoms with Crippen molar-refractivity contribution in [2.24, 2.45) is 17.3 Å². The number of nitrogens with one attached hydrogen (secondary N) is 1. The van der Waals surface area contributed by atoms with Crippen molar-refractivity contribution >= 4 is 11.6 Å². The van der Waals surface area contributed by atoms with Crippen molar-refractivity contribution in [1.29, 1.82) is 5.26 Å². The molecule has 0 amide bonds. The summed E-state index contributed by atoms with van der Waals surface area (Å²) in [5.41, 5.74) is 1.38. The summed E-state index contributed by atoms with van der Waals surface area (Å²) in [5, 5.41) is 13.7. The maximum atomic E-state index is 9.51. The standard InChI is InChI=1S/C16H21ClN2/c1-16(2,3)8-12-10-19-15(14(12)9-18)11-5-4-6-13(17)7-11/h4-7,12,14-15,19H,8,10H2,1-3H3. The van der Waals surface area contributed by atoms with E-state index in [2.05, 4.69) is 32.2 Å². The molecule has 1 fully saturated rings. The number of nitrogens with zero attached hydrogens (tertiary/aromatic N) is 1. The van der Waals surface area contributed by atoms with Crippen LogP contribution in [0, 0.1) is 28.6 Å². The summed E-state index contributed by atoms with van der Waals surface area (Å²) in [6.45, 7) is 7.60. The molecule has 1 aliphatic heterocycles. The fraction of sp³-hybridized carbons (Fsp3) is 0.562. The fourth-order valence-corrected chi connectivity index (χ4v) is 3.19. The van der Waals surface area contributed by atoms with Gasteiger partial charge in [-0.3, -0.25) is 0 Å². The van der Waals surface area contributed by atoms with E-state index in [1.165, 1.54) is 0 Å². The lowest BCUT2D eigenvalue weighted by Crippen LogP contribution is -2.20. The maximum absolute atomic E-state index is 9.51. The highest BCUT2D eigenvalue weighted by Crippen LogP contribution is 2.39. The Morgan fingerprint density at radius 2 is 2.16 bits per heavy atom.